The molecule has 5 heteroatoms. The summed E-state index contributed by atoms with van der Waals surface area (Å²) >= 11 is 0. The minimum atomic E-state index is -2.56. The van der Waals surface area contributed by atoms with E-state index in [1.807, 2.05) is 20.8 Å². The molecule has 1 saturated heterocycles. The second-order valence-corrected chi connectivity index (χ2v) is 3.27. The molecule has 15 heavy (non-hydrogen) atoms. The Hall–Kier alpha value is -1.26. The molecule has 0 aliphatic carbocycles. The Morgan fingerprint density at radius 2 is 1.67 bits per heavy atom. The number of hydrogen-bond donors (Lipinski definition) is 0. The van der Waals surface area contributed by atoms with Crippen molar-refractivity contribution in [2.45, 2.75) is 26.7 Å². The Labute approximate surface area is 88.2 Å². The van der Waals surface area contributed by atoms with Gasteiger partial charge in [0.2, 0.25) is 5.95 Å². The van der Waals surface area contributed by atoms with Gasteiger partial charge in [0, 0.05) is 12.4 Å². The summed E-state index contributed by atoms with van der Waals surface area (Å²) in [5, 5.41) is 0. The highest BCUT2D eigenvalue weighted by Crippen LogP contribution is 2.29. The Morgan fingerprint density at radius 1 is 1.20 bits per heavy atom. The van der Waals surface area contributed by atoms with Gasteiger partial charge in [0.15, 0.2) is 0 Å². The normalized spacial score (nSPS) is 17.5. The summed E-state index contributed by atoms with van der Waals surface area (Å²) in [6.07, 6.45) is 3.25. The van der Waals surface area contributed by atoms with E-state index in [1.54, 1.807) is 12.4 Å². The molecule has 0 aromatic carbocycles. The van der Waals surface area contributed by atoms with Crippen LogP contribution in [0.4, 0.5) is 14.7 Å². The van der Waals surface area contributed by atoms with Crippen LogP contribution in [0.25, 0.3) is 0 Å². The fourth-order valence-electron chi connectivity index (χ4n) is 1.20. The van der Waals surface area contributed by atoms with Crippen LogP contribution in [0.3, 0.4) is 0 Å². The first-order valence-corrected chi connectivity index (χ1v) is 4.98. The number of rotatable bonds is 1. The number of aryl methyl sites for hydroxylation is 1. The molecule has 0 bridgehead atoms. The number of nitrogens with zero attached hydrogens (tertiary/aromatic N) is 3. The van der Waals surface area contributed by atoms with E-state index in [0.29, 0.717) is 5.95 Å². The first kappa shape index (κ1) is 11.8. The van der Waals surface area contributed by atoms with E-state index in [4.69, 9.17) is 0 Å². The maximum absolute atomic E-state index is 12.5. The first-order valence-electron chi connectivity index (χ1n) is 4.98. The maximum Gasteiger partial charge on any atom is 0.282 e. The fourth-order valence-corrected chi connectivity index (χ4v) is 1.20. The van der Waals surface area contributed by atoms with Crippen LogP contribution >= 0.6 is 0 Å². The van der Waals surface area contributed by atoms with E-state index in [0.717, 1.165) is 5.56 Å². The summed E-state index contributed by atoms with van der Waals surface area (Å²) in [4.78, 5) is 9.35. The summed E-state index contributed by atoms with van der Waals surface area (Å²) in [7, 11) is 0. The first-order chi connectivity index (χ1) is 7.07. The van der Waals surface area contributed by atoms with Gasteiger partial charge in [-0.2, -0.15) is 0 Å². The Balaban J connectivity index is 0.000000531. The predicted octanol–water partition coefficient (Wildman–Crippen LogP) is 2.27. The van der Waals surface area contributed by atoms with Crippen molar-refractivity contribution in [3.8, 4) is 0 Å². The zero-order chi connectivity index (χ0) is 11.5. The Kier molecular flexibility index (Phi) is 3.55. The van der Waals surface area contributed by atoms with Gasteiger partial charge >= 0.3 is 0 Å². The quantitative estimate of drug-likeness (QED) is 0.719. The molecule has 0 radical (unpaired) electrons. The van der Waals surface area contributed by atoms with Crippen LogP contribution in [0.1, 0.15) is 19.4 Å². The lowest BCUT2D eigenvalue weighted by Crippen LogP contribution is -2.57. The molecule has 0 atom stereocenters. The smallest absolute Gasteiger partial charge is 0.282 e. The molecule has 2 rings (SSSR count). The van der Waals surface area contributed by atoms with Crippen molar-refractivity contribution in [3.05, 3.63) is 18.0 Å². The van der Waals surface area contributed by atoms with Gasteiger partial charge in [-0.1, -0.05) is 13.8 Å². The second-order valence-electron chi connectivity index (χ2n) is 3.27. The number of hydrogen-bond acceptors (Lipinski definition) is 3. The van der Waals surface area contributed by atoms with Crippen LogP contribution in [0, 0.1) is 6.92 Å². The van der Waals surface area contributed by atoms with E-state index >= 15 is 0 Å². The lowest BCUT2D eigenvalue weighted by molar-refractivity contribution is -0.0271. The summed E-state index contributed by atoms with van der Waals surface area (Å²) in [5.74, 6) is -2.18. The van der Waals surface area contributed by atoms with E-state index in [1.165, 1.54) is 4.90 Å². The molecule has 84 valence electrons. The van der Waals surface area contributed by atoms with Crippen molar-refractivity contribution in [2.75, 3.05) is 18.0 Å². The molecule has 2 heterocycles. The molecule has 0 spiro atoms. The third-order valence-corrected chi connectivity index (χ3v) is 1.89. The molecule has 0 saturated carbocycles. The van der Waals surface area contributed by atoms with Gasteiger partial charge in [-0.3, -0.25) is 0 Å². The molecule has 1 aliphatic heterocycles. The standard InChI is InChI=1S/C8H9F2N3.C2H6/c1-6-2-11-7(12-3-6)13-4-8(9,10)5-13;1-2/h2-3H,4-5H2,1H3;1-2H3. The van der Waals surface area contributed by atoms with Crippen molar-refractivity contribution in [1.29, 1.82) is 0 Å². The highest BCUT2D eigenvalue weighted by atomic mass is 19.3. The molecule has 1 aliphatic rings. The molecule has 0 amide bonds. The van der Waals surface area contributed by atoms with Crippen molar-refractivity contribution >= 4 is 5.95 Å². The molecule has 0 unspecified atom stereocenters. The summed E-state index contributed by atoms with van der Waals surface area (Å²) < 4.78 is 24.9. The minimum Gasteiger partial charge on any atom is -0.329 e. The van der Waals surface area contributed by atoms with Gasteiger partial charge in [-0.25, -0.2) is 18.7 Å². The highest BCUT2D eigenvalue weighted by Gasteiger charge is 2.44. The molecule has 1 fully saturated rings. The van der Waals surface area contributed by atoms with Crippen LogP contribution in [-0.4, -0.2) is 29.0 Å². The third kappa shape index (κ3) is 2.84. The molecule has 1 aromatic heterocycles. The van der Waals surface area contributed by atoms with Crippen molar-refractivity contribution in [3.63, 3.8) is 0 Å². The zero-order valence-corrected chi connectivity index (χ0v) is 9.17. The minimum absolute atomic E-state index is 0.268. The van der Waals surface area contributed by atoms with Crippen LogP contribution in [0.15, 0.2) is 12.4 Å². The third-order valence-electron chi connectivity index (χ3n) is 1.89. The molecular weight excluding hydrogens is 200 g/mol. The molecule has 1 aromatic rings. The van der Waals surface area contributed by atoms with E-state index in [-0.39, 0.29) is 13.1 Å². The Morgan fingerprint density at radius 3 is 2.07 bits per heavy atom. The van der Waals surface area contributed by atoms with Gasteiger partial charge in [-0.15, -0.1) is 0 Å². The fraction of sp³-hybridized carbons (Fsp3) is 0.600. The number of alkyl halides is 2. The van der Waals surface area contributed by atoms with Gasteiger partial charge < -0.3 is 4.90 Å². The van der Waals surface area contributed by atoms with E-state index in [2.05, 4.69) is 9.97 Å². The number of halogens is 2. The van der Waals surface area contributed by atoms with Gasteiger partial charge in [0.1, 0.15) is 0 Å². The van der Waals surface area contributed by atoms with Crippen molar-refractivity contribution in [2.24, 2.45) is 0 Å². The van der Waals surface area contributed by atoms with Gasteiger partial charge in [-0.05, 0) is 12.5 Å². The SMILES string of the molecule is CC.Cc1cnc(N2CC(F)(F)C2)nc1. The van der Waals surface area contributed by atoms with E-state index < -0.39 is 5.92 Å². The Bertz CT molecular complexity index is 303. The van der Waals surface area contributed by atoms with Crippen LogP contribution in [0.2, 0.25) is 0 Å². The van der Waals surface area contributed by atoms with Crippen LogP contribution in [-0.2, 0) is 0 Å². The van der Waals surface area contributed by atoms with Crippen molar-refractivity contribution in [1.82, 2.24) is 9.97 Å². The summed E-state index contributed by atoms with van der Waals surface area (Å²) in [6.45, 7) is 5.32. The van der Waals surface area contributed by atoms with Crippen LogP contribution in [0.5, 0.6) is 0 Å². The molecule has 3 nitrogen and oxygen atoms in total. The van der Waals surface area contributed by atoms with Crippen molar-refractivity contribution < 1.29 is 8.78 Å². The molecular formula is C10H15F2N3. The second kappa shape index (κ2) is 4.51. The number of anilines is 1. The zero-order valence-electron chi connectivity index (χ0n) is 9.17. The van der Waals surface area contributed by atoms with E-state index in [9.17, 15) is 8.78 Å². The summed E-state index contributed by atoms with van der Waals surface area (Å²) in [5.41, 5.74) is 0.927. The average molecular weight is 215 g/mol. The predicted molar refractivity (Wildman–Crippen MR) is 55.3 cm³/mol. The summed E-state index contributed by atoms with van der Waals surface area (Å²) in [6, 6.07) is 0. The lowest BCUT2D eigenvalue weighted by atomic mass is 10.2. The van der Waals surface area contributed by atoms with Gasteiger partial charge in [0.25, 0.3) is 5.92 Å². The monoisotopic (exact) mass is 215 g/mol. The maximum atomic E-state index is 12.5. The number of aromatic nitrogens is 2. The molecule has 0 N–H and O–H groups in total. The lowest BCUT2D eigenvalue weighted by Gasteiger charge is -2.38. The largest absolute Gasteiger partial charge is 0.329 e. The average Bonchev–Trinajstić information content (AvgIpc) is 2.18. The highest BCUT2D eigenvalue weighted by molar-refractivity contribution is 5.35. The topological polar surface area (TPSA) is 29.0 Å². The van der Waals surface area contributed by atoms with Crippen LogP contribution < -0.4 is 4.90 Å². The van der Waals surface area contributed by atoms with Gasteiger partial charge in [0.05, 0.1) is 13.1 Å².